The second-order valence-corrected chi connectivity index (χ2v) is 5.68. The lowest BCUT2D eigenvalue weighted by molar-refractivity contribution is 0.476. The van der Waals surface area contributed by atoms with Gasteiger partial charge in [0, 0.05) is 5.69 Å². The minimum atomic E-state index is -0.129. The van der Waals surface area contributed by atoms with Crippen LogP contribution in [-0.2, 0) is 0 Å². The molecule has 0 saturated carbocycles. The molecule has 1 heterocycles. The van der Waals surface area contributed by atoms with E-state index >= 15 is 0 Å². The standard InChI is InChI=1S/C19H18N2OS/c1-14-8-5-6-11-16(14)20-19(23)21-18(17-12-7-13-22-17)15-9-3-2-4-10-15/h2-13,18H,1H3,(H2,20,21,23)/t18-/m0/s1. The number of hydrogen-bond donors (Lipinski definition) is 2. The van der Waals surface area contributed by atoms with Crippen molar-refractivity contribution in [2.24, 2.45) is 0 Å². The molecule has 0 aliphatic heterocycles. The highest BCUT2D eigenvalue weighted by molar-refractivity contribution is 7.80. The van der Waals surface area contributed by atoms with Gasteiger partial charge in [0.05, 0.1) is 6.26 Å². The summed E-state index contributed by atoms with van der Waals surface area (Å²) in [5, 5.41) is 7.15. The fourth-order valence-corrected chi connectivity index (χ4v) is 2.65. The maximum Gasteiger partial charge on any atom is 0.171 e. The number of rotatable bonds is 4. The molecule has 0 spiro atoms. The third-order valence-corrected chi connectivity index (χ3v) is 3.85. The first-order valence-electron chi connectivity index (χ1n) is 7.45. The summed E-state index contributed by atoms with van der Waals surface area (Å²) >= 11 is 5.48. The number of benzene rings is 2. The summed E-state index contributed by atoms with van der Waals surface area (Å²) in [7, 11) is 0. The third-order valence-electron chi connectivity index (χ3n) is 3.63. The highest BCUT2D eigenvalue weighted by Gasteiger charge is 2.17. The van der Waals surface area contributed by atoms with Crippen molar-refractivity contribution in [3.8, 4) is 0 Å². The Kier molecular flexibility index (Phi) is 4.74. The van der Waals surface area contributed by atoms with Crippen LogP contribution in [0.4, 0.5) is 5.69 Å². The van der Waals surface area contributed by atoms with Gasteiger partial charge in [-0.05, 0) is 48.5 Å². The number of thiocarbonyl (C=S) groups is 1. The molecule has 0 fully saturated rings. The number of nitrogens with one attached hydrogen (secondary N) is 2. The van der Waals surface area contributed by atoms with Gasteiger partial charge in [-0.15, -0.1) is 0 Å². The Bertz CT molecular complexity index is 769. The van der Waals surface area contributed by atoms with E-state index in [9.17, 15) is 0 Å². The molecular weight excluding hydrogens is 304 g/mol. The lowest BCUT2D eigenvalue weighted by Crippen LogP contribution is -2.33. The molecule has 0 radical (unpaired) electrons. The Morgan fingerprint density at radius 2 is 1.70 bits per heavy atom. The molecule has 0 saturated heterocycles. The number of furan rings is 1. The van der Waals surface area contributed by atoms with E-state index in [2.05, 4.69) is 22.8 Å². The highest BCUT2D eigenvalue weighted by Crippen LogP contribution is 2.23. The predicted molar refractivity (Wildman–Crippen MR) is 97.5 cm³/mol. The van der Waals surface area contributed by atoms with E-state index in [-0.39, 0.29) is 6.04 Å². The number of hydrogen-bond acceptors (Lipinski definition) is 2. The summed E-state index contributed by atoms with van der Waals surface area (Å²) in [6.45, 7) is 2.05. The first-order valence-corrected chi connectivity index (χ1v) is 7.86. The van der Waals surface area contributed by atoms with E-state index in [4.69, 9.17) is 16.6 Å². The number of aryl methyl sites for hydroxylation is 1. The summed E-state index contributed by atoms with van der Waals surface area (Å²) < 4.78 is 5.57. The van der Waals surface area contributed by atoms with Crippen molar-refractivity contribution < 1.29 is 4.42 Å². The Morgan fingerprint density at radius 3 is 2.39 bits per heavy atom. The van der Waals surface area contributed by atoms with Gasteiger partial charge in [-0.3, -0.25) is 0 Å². The van der Waals surface area contributed by atoms with Gasteiger partial charge >= 0.3 is 0 Å². The van der Waals surface area contributed by atoms with Crippen LogP contribution >= 0.6 is 12.2 Å². The molecule has 0 amide bonds. The topological polar surface area (TPSA) is 37.2 Å². The third kappa shape index (κ3) is 3.79. The quantitative estimate of drug-likeness (QED) is 0.685. The van der Waals surface area contributed by atoms with Crippen molar-refractivity contribution in [1.29, 1.82) is 0 Å². The summed E-state index contributed by atoms with van der Waals surface area (Å²) in [5.74, 6) is 0.824. The Labute approximate surface area is 141 Å². The molecular formula is C19H18N2OS. The smallest absolute Gasteiger partial charge is 0.171 e. The van der Waals surface area contributed by atoms with E-state index in [0.717, 1.165) is 22.6 Å². The van der Waals surface area contributed by atoms with Crippen molar-refractivity contribution in [2.45, 2.75) is 13.0 Å². The molecule has 116 valence electrons. The van der Waals surface area contributed by atoms with Gasteiger partial charge in [0.1, 0.15) is 11.8 Å². The Hall–Kier alpha value is -2.59. The van der Waals surface area contributed by atoms with E-state index in [1.165, 1.54) is 0 Å². The van der Waals surface area contributed by atoms with Crippen LogP contribution in [0.3, 0.4) is 0 Å². The normalized spacial score (nSPS) is 11.7. The maximum atomic E-state index is 5.57. The fraction of sp³-hybridized carbons (Fsp3) is 0.105. The van der Waals surface area contributed by atoms with Crippen LogP contribution in [0, 0.1) is 6.92 Å². The first kappa shape index (κ1) is 15.3. The zero-order valence-electron chi connectivity index (χ0n) is 12.8. The monoisotopic (exact) mass is 322 g/mol. The molecule has 1 atom stereocenters. The van der Waals surface area contributed by atoms with Crippen LogP contribution in [0.15, 0.2) is 77.4 Å². The number of para-hydroxylation sites is 1. The average Bonchev–Trinajstić information content (AvgIpc) is 3.10. The maximum absolute atomic E-state index is 5.57. The van der Waals surface area contributed by atoms with E-state index in [1.807, 2.05) is 61.5 Å². The summed E-state index contributed by atoms with van der Waals surface area (Å²) in [4.78, 5) is 0. The van der Waals surface area contributed by atoms with Crippen molar-refractivity contribution in [3.63, 3.8) is 0 Å². The van der Waals surface area contributed by atoms with Crippen LogP contribution in [-0.4, -0.2) is 5.11 Å². The molecule has 0 bridgehead atoms. The average molecular weight is 322 g/mol. The molecule has 2 N–H and O–H groups in total. The Balaban J connectivity index is 1.79. The molecule has 3 rings (SSSR count). The largest absolute Gasteiger partial charge is 0.467 e. The minimum Gasteiger partial charge on any atom is -0.467 e. The highest BCUT2D eigenvalue weighted by atomic mass is 32.1. The van der Waals surface area contributed by atoms with Crippen molar-refractivity contribution >= 4 is 23.0 Å². The lowest BCUT2D eigenvalue weighted by atomic mass is 10.1. The van der Waals surface area contributed by atoms with E-state index in [0.29, 0.717) is 5.11 Å². The minimum absolute atomic E-state index is 0.129. The van der Waals surface area contributed by atoms with Gasteiger partial charge in [0.2, 0.25) is 0 Å². The van der Waals surface area contributed by atoms with Gasteiger partial charge in [-0.1, -0.05) is 48.5 Å². The second-order valence-electron chi connectivity index (χ2n) is 5.27. The van der Waals surface area contributed by atoms with Gasteiger partial charge in [-0.2, -0.15) is 0 Å². The molecule has 1 aromatic heterocycles. The van der Waals surface area contributed by atoms with E-state index < -0.39 is 0 Å². The molecule has 0 aliphatic rings. The van der Waals surface area contributed by atoms with Crippen LogP contribution in [0.1, 0.15) is 22.9 Å². The van der Waals surface area contributed by atoms with Crippen molar-refractivity contribution in [1.82, 2.24) is 5.32 Å². The fourth-order valence-electron chi connectivity index (χ4n) is 2.42. The summed E-state index contributed by atoms with van der Waals surface area (Å²) in [6.07, 6.45) is 1.67. The molecule has 0 unspecified atom stereocenters. The van der Waals surface area contributed by atoms with Gasteiger partial charge in [0.25, 0.3) is 0 Å². The molecule has 3 nitrogen and oxygen atoms in total. The van der Waals surface area contributed by atoms with Crippen LogP contribution < -0.4 is 10.6 Å². The zero-order valence-corrected chi connectivity index (χ0v) is 13.6. The molecule has 0 aliphatic carbocycles. The molecule has 3 aromatic rings. The molecule has 4 heteroatoms. The molecule has 2 aromatic carbocycles. The summed E-state index contributed by atoms with van der Waals surface area (Å²) in [6, 6.07) is 21.8. The SMILES string of the molecule is Cc1ccccc1NC(=S)N[C@@H](c1ccccc1)c1ccco1. The number of anilines is 1. The first-order chi connectivity index (χ1) is 11.2. The lowest BCUT2D eigenvalue weighted by Gasteiger charge is -2.20. The van der Waals surface area contributed by atoms with Crippen LogP contribution in [0.2, 0.25) is 0 Å². The van der Waals surface area contributed by atoms with Crippen LogP contribution in [0.5, 0.6) is 0 Å². The van der Waals surface area contributed by atoms with Crippen LogP contribution in [0.25, 0.3) is 0 Å². The van der Waals surface area contributed by atoms with Gasteiger partial charge < -0.3 is 15.1 Å². The van der Waals surface area contributed by atoms with Gasteiger partial charge in [0.15, 0.2) is 5.11 Å². The van der Waals surface area contributed by atoms with Gasteiger partial charge in [-0.25, -0.2) is 0 Å². The zero-order chi connectivity index (χ0) is 16.1. The van der Waals surface area contributed by atoms with E-state index in [1.54, 1.807) is 6.26 Å². The summed E-state index contributed by atoms with van der Waals surface area (Å²) in [5.41, 5.74) is 3.23. The second kappa shape index (κ2) is 7.11. The van der Waals surface area contributed by atoms with Crippen molar-refractivity contribution in [3.05, 3.63) is 89.9 Å². The molecule has 23 heavy (non-hydrogen) atoms. The Morgan fingerprint density at radius 1 is 0.957 bits per heavy atom. The van der Waals surface area contributed by atoms with Crippen molar-refractivity contribution in [2.75, 3.05) is 5.32 Å². The predicted octanol–water partition coefficient (Wildman–Crippen LogP) is 4.66.